The third-order valence-electron chi connectivity index (χ3n) is 5.99. The molecule has 1 nitrogen and oxygen atoms in total. The van der Waals surface area contributed by atoms with Gasteiger partial charge in [0.1, 0.15) is 0 Å². The molecule has 0 saturated heterocycles. The second-order valence-electron chi connectivity index (χ2n) is 7.89. The van der Waals surface area contributed by atoms with Crippen molar-refractivity contribution in [3.63, 3.8) is 0 Å². The fraction of sp³-hybridized carbons (Fsp3) is 0.357. The van der Waals surface area contributed by atoms with Crippen LogP contribution in [0.2, 0.25) is 0 Å². The monoisotopic (exact) mass is 595 g/mol. The molecule has 0 saturated carbocycles. The van der Waals surface area contributed by atoms with Gasteiger partial charge < -0.3 is 0 Å². The molecule has 0 unspecified atom stereocenters. The molecule has 0 N–H and O–H groups in total. The van der Waals surface area contributed by atoms with Crippen LogP contribution in [0.25, 0.3) is 0 Å². The number of rotatable bonds is 9. The molecule has 0 heterocycles. The van der Waals surface area contributed by atoms with Gasteiger partial charge in [-0.1, -0.05) is 0 Å². The van der Waals surface area contributed by atoms with Gasteiger partial charge >= 0.3 is 193 Å². The van der Waals surface area contributed by atoms with Crippen LogP contribution in [-0.4, -0.2) is 39.7 Å². The van der Waals surface area contributed by atoms with Gasteiger partial charge in [-0.3, -0.25) is 0 Å². The van der Waals surface area contributed by atoms with E-state index >= 15 is 0 Å². The summed E-state index contributed by atoms with van der Waals surface area (Å²) in [5.74, 6) is 0. The molecular weight excluding hydrogens is 559 g/mol. The first-order valence-electron chi connectivity index (χ1n) is 11.4. The molecule has 0 aliphatic rings. The maximum absolute atomic E-state index is 2.55. The molecule has 2 heteroatoms. The van der Waals surface area contributed by atoms with Crippen molar-refractivity contribution in [2.45, 2.75) is 54.0 Å². The van der Waals surface area contributed by atoms with Crippen molar-refractivity contribution >= 4 is 31.6 Å². The van der Waals surface area contributed by atoms with E-state index in [1.54, 1.807) is 15.4 Å². The van der Waals surface area contributed by atoms with E-state index in [0.29, 0.717) is 0 Å². The first-order valence-corrected chi connectivity index (χ1v) is 16.6. The molecule has 3 aromatic carbocycles. The van der Waals surface area contributed by atoms with Crippen LogP contribution < -0.4 is 9.81 Å². The topological polar surface area (TPSA) is 3.24 Å². The molecule has 0 radical (unpaired) electrons. The Balaban J connectivity index is 2.26. The van der Waals surface area contributed by atoms with E-state index in [1.807, 2.05) is 0 Å². The van der Waals surface area contributed by atoms with Crippen molar-refractivity contribution in [1.29, 1.82) is 0 Å². The van der Waals surface area contributed by atoms with E-state index in [-0.39, 0.29) is 0 Å². The first kappa shape index (κ1) is 23.2. The molecular formula is C28H36BiN. The standard InChI is InChI=1S/C12H18N.2C8H9.Bi/c1-4-13(5-2)10-12-8-6-7-11(3)9-12;2*1-2-8-6-4-3-5-7-8;/h6-7,9H,4-5,10H2,1-3H3;2*3-6H,2H2,1H3;. The fourth-order valence-corrected chi connectivity index (χ4v) is 15.6. The summed E-state index contributed by atoms with van der Waals surface area (Å²) in [5, 5.41) is 0. The van der Waals surface area contributed by atoms with E-state index in [9.17, 15) is 0 Å². The molecule has 30 heavy (non-hydrogen) atoms. The third-order valence-corrected chi connectivity index (χ3v) is 16.7. The van der Waals surface area contributed by atoms with Gasteiger partial charge in [-0.15, -0.1) is 0 Å². The van der Waals surface area contributed by atoms with Gasteiger partial charge in [0, 0.05) is 0 Å². The van der Waals surface area contributed by atoms with Gasteiger partial charge in [-0.05, 0) is 0 Å². The molecule has 3 rings (SSSR count). The molecule has 0 atom stereocenters. The Morgan fingerprint density at radius 1 is 0.633 bits per heavy atom. The summed E-state index contributed by atoms with van der Waals surface area (Å²) in [5.41, 5.74) is 6.00. The van der Waals surface area contributed by atoms with Crippen molar-refractivity contribution in [2.24, 2.45) is 0 Å². The van der Waals surface area contributed by atoms with Crippen molar-refractivity contribution in [1.82, 2.24) is 4.90 Å². The molecule has 0 aliphatic heterocycles. The predicted octanol–water partition coefficient (Wildman–Crippen LogP) is 4.48. The SMILES string of the molecule is CCc1cccc[c]1[Bi]([c]1ccccc1CC)[c]1ccc(C)cc1CN(CC)CC. The van der Waals surface area contributed by atoms with E-state index in [2.05, 4.69) is 106 Å². The van der Waals surface area contributed by atoms with Crippen molar-refractivity contribution in [3.8, 4) is 0 Å². The van der Waals surface area contributed by atoms with Crippen molar-refractivity contribution in [3.05, 3.63) is 89.0 Å². The Bertz CT molecular complexity index is 911. The van der Waals surface area contributed by atoms with Crippen LogP contribution in [-0.2, 0) is 19.4 Å². The number of nitrogens with zero attached hydrogens (tertiary/aromatic N) is 1. The molecule has 3 aromatic rings. The number of hydrogen-bond acceptors (Lipinski definition) is 1. The van der Waals surface area contributed by atoms with Crippen LogP contribution in [0.4, 0.5) is 0 Å². The first-order chi connectivity index (χ1) is 14.6. The molecule has 0 amide bonds. The van der Waals surface area contributed by atoms with Gasteiger partial charge in [0.15, 0.2) is 0 Å². The minimum absolute atomic E-state index is 1.05. The van der Waals surface area contributed by atoms with Crippen LogP contribution >= 0.6 is 0 Å². The Kier molecular flexibility index (Phi) is 8.66. The summed E-state index contributed by atoms with van der Waals surface area (Å²) in [7, 11) is 0. The Morgan fingerprint density at radius 2 is 1.13 bits per heavy atom. The van der Waals surface area contributed by atoms with Crippen LogP contribution in [0.1, 0.15) is 49.9 Å². The molecule has 0 fully saturated rings. The Morgan fingerprint density at radius 3 is 1.63 bits per heavy atom. The fourth-order valence-electron chi connectivity index (χ4n) is 4.19. The zero-order chi connectivity index (χ0) is 21.5. The predicted molar refractivity (Wildman–Crippen MR) is 134 cm³/mol. The van der Waals surface area contributed by atoms with E-state index in [0.717, 1.165) is 32.5 Å². The molecule has 0 aliphatic carbocycles. The maximum atomic E-state index is 2.55. The second kappa shape index (κ2) is 11.2. The van der Waals surface area contributed by atoms with Crippen LogP contribution in [0.3, 0.4) is 0 Å². The summed E-state index contributed by atoms with van der Waals surface area (Å²) < 4.78 is 4.96. The van der Waals surface area contributed by atoms with E-state index in [4.69, 9.17) is 0 Å². The summed E-state index contributed by atoms with van der Waals surface area (Å²) in [6.07, 6.45) is 2.21. The summed E-state index contributed by atoms with van der Waals surface area (Å²) >= 11 is -2.46. The minimum atomic E-state index is -2.46. The number of hydrogen-bond donors (Lipinski definition) is 0. The third kappa shape index (κ3) is 5.21. The van der Waals surface area contributed by atoms with Crippen LogP contribution in [0, 0.1) is 6.92 Å². The van der Waals surface area contributed by atoms with Crippen molar-refractivity contribution < 1.29 is 0 Å². The van der Waals surface area contributed by atoms with Crippen LogP contribution in [0.15, 0.2) is 66.7 Å². The quantitative estimate of drug-likeness (QED) is 0.330. The van der Waals surface area contributed by atoms with Gasteiger partial charge in [-0.2, -0.15) is 0 Å². The van der Waals surface area contributed by atoms with Gasteiger partial charge in [-0.25, -0.2) is 0 Å². The second-order valence-corrected chi connectivity index (χ2v) is 16.1. The molecule has 0 spiro atoms. The zero-order valence-corrected chi connectivity index (χ0v) is 22.8. The molecule has 158 valence electrons. The van der Waals surface area contributed by atoms with Crippen molar-refractivity contribution in [2.75, 3.05) is 13.1 Å². The Hall–Kier alpha value is -1.50. The normalized spacial score (nSPS) is 11.4. The molecule has 0 bridgehead atoms. The Labute approximate surface area is 191 Å². The average molecular weight is 596 g/mol. The van der Waals surface area contributed by atoms with Crippen LogP contribution in [0.5, 0.6) is 0 Å². The summed E-state index contributed by atoms with van der Waals surface area (Å²) in [6, 6.07) is 25.8. The summed E-state index contributed by atoms with van der Waals surface area (Å²) in [4.78, 5) is 2.55. The van der Waals surface area contributed by atoms with Gasteiger partial charge in [0.25, 0.3) is 0 Å². The zero-order valence-electron chi connectivity index (χ0n) is 19.3. The van der Waals surface area contributed by atoms with E-state index < -0.39 is 21.8 Å². The van der Waals surface area contributed by atoms with Gasteiger partial charge in [0.05, 0.1) is 0 Å². The van der Waals surface area contributed by atoms with E-state index in [1.165, 1.54) is 16.7 Å². The van der Waals surface area contributed by atoms with Gasteiger partial charge in [0.2, 0.25) is 0 Å². The number of benzene rings is 3. The average Bonchev–Trinajstić information content (AvgIpc) is 2.79. The molecule has 0 aromatic heterocycles. The summed E-state index contributed by atoms with van der Waals surface area (Å²) in [6.45, 7) is 14.6. The number of aryl methyl sites for hydroxylation is 3.